The summed E-state index contributed by atoms with van der Waals surface area (Å²) in [4.78, 5) is 8.76. The lowest BCUT2D eigenvalue weighted by Crippen LogP contribution is -2.29. The minimum absolute atomic E-state index is 0.292. The van der Waals surface area contributed by atoms with E-state index in [9.17, 15) is 0 Å². The van der Waals surface area contributed by atoms with Gasteiger partial charge in [0.1, 0.15) is 0 Å². The Hall–Kier alpha value is -1.03. The van der Waals surface area contributed by atoms with Crippen molar-refractivity contribution >= 4 is 16.9 Å². The monoisotopic (exact) mass is 249 g/mol. The minimum Gasteiger partial charge on any atom is -0.358 e. The normalized spacial score (nSPS) is 21.8. The van der Waals surface area contributed by atoms with Gasteiger partial charge in [0.25, 0.3) is 0 Å². The molecule has 0 aliphatic carbocycles. The van der Waals surface area contributed by atoms with Crippen molar-refractivity contribution in [3.05, 3.63) is 30.1 Å². The average molecular weight is 249 g/mol. The molecule has 0 spiro atoms. The third kappa shape index (κ3) is 3.46. The summed E-state index contributed by atoms with van der Waals surface area (Å²) in [5.74, 6) is 1.17. The summed E-state index contributed by atoms with van der Waals surface area (Å²) in [6.07, 6.45) is 6.00. The van der Waals surface area contributed by atoms with Gasteiger partial charge in [0.2, 0.25) is 0 Å². The fraction of sp³-hybridized carbons (Fsp3) is 0.538. The van der Waals surface area contributed by atoms with E-state index in [1.54, 1.807) is 0 Å². The summed E-state index contributed by atoms with van der Waals surface area (Å²) >= 11 is 1.83. The van der Waals surface area contributed by atoms with Crippen LogP contribution in [0.4, 0.5) is 0 Å². The van der Waals surface area contributed by atoms with E-state index in [0.29, 0.717) is 12.1 Å². The van der Waals surface area contributed by atoms with Gasteiger partial charge in [0.05, 0.1) is 12.1 Å². The van der Waals surface area contributed by atoms with Crippen LogP contribution in [0.5, 0.6) is 0 Å². The Kier molecular flexibility index (Phi) is 4.42. The Balaban J connectivity index is 1.99. The number of thioether (sulfide) groups is 1. The van der Waals surface area contributed by atoms with Crippen LogP contribution in [0.15, 0.2) is 29.5 Å². The molecule has 92 valence electrons. The Morgan fingerprint density at radius 1 is 1.47 bits per heavy atom. The highest BCUT2D eigenvalue weighted by molar-refractivity contribution is 8.13. The molecule has 2 unspecified atom stereocenters. The van der Waals surface area contributed by atoms with E-state index in [-0.39, 0.29) is 0 Å². The molecule has 0 radical (unpaired) electrons. The zero-order valence-corrected chi connectivity index (χ0v) is 11.2. The van der Waals surface area contributed by atoms with Gasteiger partial charge >= 0.3 is 0 Å². The molecule has 1 aromatic rings. The second kappa shape index (κ2) is 6.05. The maximum atomic E-state index is 4.72. The minimum atomic E-state index is 0.292. The zero-order valence-electron chi connectivity index (χ0n) is 10.4. The molecule has 2 heterocycles. The van der Waals surface area contributed by atoms with Crippen LogP contribution in [0.2, 0.25) is 0 Å². The number of aromatic nitrogens is 1. The van der Waals surface area contributed by atoms with Crippen LogP contribution in [0.1, 0.15) is 38.3 Å². The fourth-order valence-corrected chi connectivity index (χ4v) is 2.92. The third-order valence-electron chi connectivity index (χ3n) is 3.01. The number of hydrogen-bond acceptors (Lipinski definition) is 4. The number of rotatable bonds is 3. The molecule has 1 aliphatic rings. The van der Waals surface area contributed by atoms with E-state index in [1.165, 1.54) is 17.7 Å². The van der Waals surface area contributed by atoms with Gasteiger partial charge in [-0.3, -0.25) is 9.98 Å². The van der Waals surface area contributed by atoms with E-state index in [0.717, 1.165) is 11.6 Å². The molecule has 0 fully saturated rings. The van der Waals surface area contributed by atoms with Gasteiger partial charge in [-0.1, -0.05) is 18.7 Å². The molecule has 0 bridgehead atoms. The molecule has 0 aromatic carbocycles. The van der Waals surface area contributed by atoms with Crippen molar-refractivity contribution in [1.29, 1.82) is 0 Å². The second-order valence-electron chi connectivity index (χ2n) is 4.28. The number of nitrogens with one attached hydrogen (secondary N) is 1. The smallest absolute Gasteiger partial charge is 0.157 e. The quantitative estimate of drug-likeness (QED) is 0.894. The highest BCUT2D eigenvalue weighted by Crippen LogP contribution is 2.20. The lowest BCUT2D eigenvalue weighted by Gasteiger charge is -2.22. The Bertz CT molecular complexity index is 378. The van der Waals surface area contributed by atoms with Crippen molar-refractivity contribution in [1.82, 2.24) is 10.3 Å². The topological polar surface area (TPSA) is 37.3 Å². The van der Waals surface area contributed by atoms with Gasteiger partial charge in [-0.2, -0.15) is 0 Å². The summed E-state index contributed by atoms with van der Waals surface area (Å²) in [5.41, 5.74) is 1.25. The van der Waals surface area contributed by atoms with Gasteiger partial charge in [0.15, 0.2) is 5.17 Å². The molecule has 0 saturated heterocycles. The lowest BCUT2D eigenvalue weighted by atomic mass is 10.1. The summed E-state index contributed by atoms with van der Waals surface area (Å²) in [6, 6.07) is 4.88. The number of amidine groups is 1. The van der Waals surface area contributed by atoms with Gasteiger partial charge in [-0.15, -0.1) is 0 Å². The van der Waals surface area contributed by atoms with Crippen molar-refractivity contribution < 1.29 is 0 Å². The average Bonchev–Trinajstić information content (AvgIpc) is 2.40. The van der Waals surface area contributed by atoms with E-state index in [1.807, 2.05) is 36.3 Å². The molecule has 0 amide bonds. The molecule has 2 rings (SSSR count). The van der Waals surface area contributed by atoms with E-state index in [4.69, 9.17) is 4.99 Å². The second-order valence-corrected chi connectivity index (χ2v) is 5.36. The number of nitrogens with zero attached hydrogens (tertiary/aromatic N) is 2. The van der Waals surface area contributed by atoms with Crippen LogP contribution in [0, 0.1) is 0 Å². The molecule has 1 aliphatic heterocycles. The van der Waals surface area contributed by atoms with Gasteiger partial charge in [0, 0.05) is 18.1 Å². The fourth-order valence-electron chi connectivity index (χ4n) is 1.85. The third-order valence-corrected chi connectivity index (χ3v) is 3.94. The van der Waals surface area contributed by atoms with Gasteiger partial charge in [-0.25, -0.2) is 0 Å². The summed E-state index contributed by atoms with van der Waals surface area (Å²) < 4.78 is 0. The lowest BCUT2D eigenvalue weighted by molar-refractivity contribution is 0.622. The number of aliphatic imine (C=N–C) groups is 1. The predicted octanol–water partition coefficient (Wildman–Crippen LogP) is 3.00. The largest absolute Gasteiger partial charge is 0.358 e. The maximum absolute atomic E-state index is 4.72. The van der Waals surface area contributed by atoms with Gasteiger partial charge in [-0.05, 0) is 37.5 Å². The molecule has 3 nitrogen and oxygen atoms in total. The first-order valence-electron chi connectivity index (χ1n) is 6.16. The number of pyridine rings is 1. The SMILES string of the molecule is CCC1CCSC(NC(C)c2ccncc2)=N1. The van der Waals surface area contributed by atoms with Crippen LogP contribution in [0.3, 0.4) is 0 Å². The molecular formula is C13H19N3S. The first-order chi connectivity index (χ1) is 8.29. The van der Waals surface area contributed by atoms with E-state index >= 15 is 0 Å². The highest BCUT2D eigenvalue weighted by atomic mass is 32.2. The van der Waals surface area contributed by atoms with E-state index < -0.39 is 0 Å². The molecule has 17 heavy (non-hydrogen) atoms. The van der Waals surface area contributed by atoms with Crippen molar-refractivity contribution in [2.75, 3.05) is 5.75 Å². The Labute approximate surface area is 107 Å². The van der Waals surface area contributed by atoms with Crippen LogP contribution in [-0.2, 0) is 0 Å². The van der Waals surface area contributed by atoms with Crippen LogP contribution >= 0.6 is 11.8 Å². The molecule has 4 heteroatoms. The molecule has 0 saturated carbocycles. The first-order valence-corrected chi connectivity index (χ1v) is 7.15. The van der Waals surface area contributed by atoms with Crippen LogP contribution in [0.25, 0.3) is 0 Å². The van der Waals surface area contributed by atoms with Crippen LogP contribution in [-0.4, -0.2) is 21.9 Å². The first kappa shape index (κ1) is 12.4. The molecule has 2 atom stereocenters. The summed E-state index contributed by atoms with van der Waals surface area (Å²) in [7, 11) is 0. The summed E-state index contributed by atoms with van der Waals surface area (Å²) in [6.45, 7) is 4.36. The Morgan fingerprint density at radius 2 is 2.24 bits per heavy atom. The highest BCUT2D eigenvalue weighted by Gasteiger charge is 2.15. The molecular weight excluding hydrogens is 230 g/mol. The van der Waals surface area contributed by atoms with Crippen molar-refractivity contribution in [2.45, 2.75) is 38.8 Å². The summed E-state index contributed by atoms with van der Waals surface area (Å²) in [5, 5.41) is 4.57. The van der Waals surface area contributed by atoms with E-state index in [2.05, 4.69) is 24.1 Å². The Morgan fingerprint density at radius 3 is 2.94 bits per heavy atom. The maximum Gasteiger partial charge on any atom is 0.157 e. The zero-order chi connectivity index (χ0) is 12.1. The molecule has 1 aromatic heterocycles. The standard InChI is InChI=1S/C13H19N3S/c1-3-12-6-9-17-13(16-12)15-10(2)11-4-7-14-8-5-11/h4-5,7-8,10,12H,3,6,9H2,1-2H3,(H,15,16). The van der Waals surface area contributed by atoms with Crippen molar-refractivity contribution in [2.24, 2.45) is 4.99 Å². The van der Waals surface area contributed by atoms with Gasteiger partial charge < -0.3 is 5.32 Å². The van der Waals surface area contributed by atoms with Crippen molar-refractivity contribution in [3.8, 4) is 0 Å². The predicted molar refractivity (Wildman–Crippen MR) is 74.4 cm³/mol. The molecule has 1 N–H and O–H groups in total. The number of hydrogen-bond donors (Lipinski definition) is 1. The van der Waals surface area contributed by atoms with Crippen molar-refractivity contribution in [3.63, 3.8) is 0 Å². The van der Waals surface area contributed by atoms with Crippen LogP contribution < -0.4 is 5.32 Å².